The number of nitrogens with zero attached hydrogens (tertiary/aromatic N) is 1. The smallest absolute Gasteiger partial charge is 0.271 e. The van der Waals surface area contributed by atoms with Crippen LogP contribution in [0.3, 0.4) is 0 Å². The number of hydrogen-bond donors (Lipinski definition) is 1. The Bertz CT molecular complexity index is 381. The Labute approximate surface area is 91.2 Å². The van der Waals surface area contributed by atoms with Gasteiger partial charge in [-0.1, -0.05) is 6.07 Å². The van der Waals surface area contributed by atoms with Crippen molar-refractivity contribution in [1.29, 1.82) is 0 Å². The number of nitro groups is 1. The fourth-order valence-electron chi connectivity index (χ4n) is 1.01. The molecule has 0 aliphatic heterocycles. The van der Waals surface area contributed by atoms with E-state index >= 15 is 0 Å². The molecule has 0 heterocycles. The van der Waals surface area contributed by atoms with Crippen LogP contribution in [0.1, 0.15) is 6.42 Å². The van der Waals surface area contributed by atoms with E-state index in [1.54, 1.807) is 6.07 Å². The van der Waals surface area contributed by atoms with Crippen molar-refractivity contribution in [3.05, 3.63) is 34.4 Å². The lowest BCUT2D eigenvalue weighted by molar-refractivity contribution is -0.384. The van der Waals surface area contributed by atoms with Gasteiger partial charge in [-0.25, -0.2) is 0 Å². The summed E-state index contributed by atoms with van der Waals surface area (Å²) in [7, 11) is 0. The number of nitrogens with one attached hydrogen (secondary N) is 1. The number of benzene rings is 1. The van der Waals surface area contributed by atoms with Crippen LogP contribution in [-0.2, 0) is 4.79 Å². The first-order chi connectivity index (χ1) is 7.13. The standard InChI is InChI=1S/C9H9ClN2O3/c10-5-4-9(13)11-7-2-1-3-8(6-7)12(14)15/h1-3,6H,4-5H2,(H,11,13). The molecule has 0 saturated carbocycles. The number of carbonyl (C=O) groups is 1. The number of hydrogen-bond acceptors (Lipinski definition) is 3. The Hall–Kier alpha value is -1.62. The third kappa shape index (κ3) is 3.55. The summed E-state index contributed by atoms with van der Waals surface area (Å²) in [6.07, 6.45) is 0.185. The zero-order valence-electron chi connectivity index (χ0n) is 7.77. The maximum Gasteiger partial charge on any atom is 0.271 e. The second kappa shape index (κ2) is 5.31. The number of anilines is 1. The minimum absolute atomic E-state index is 0.0568. The molecule has 1 aromatic rings. The second-order valence-electron chi connectivity index (χ2n) is 2.79. The van der Waals surface area contributed by atoms with Crippen LogP contribution < -0.4 is 5.32 Å². The van der Waals surface area contributed by atoms with Crippen LogP contribution in [0.5, 0.6) is 0 Å². The van der Waals surface area contributed by atoms with Gasteiger partial charge in [0.2, 0.25) is 5.91 Å². The van der Waals surface area contributed by atoms with Crippen LogP contribution in [0, 0.1) is 10.1 Å². The molecule has 0 fully saturated rings. The number of amides is 1. The molecule has 0 bridgehead atoms. The highest BCUT2D eigenvalue weighted by Crippen LogP contribution is 2.16. The summed E-state index contributed by atoms with van der Waals surface area (Å²) in [6, 6.07) is 5.75. The number of nitro benzene ring substituents is 1. The predicted octanol–water partition coefficient (Wildman–Crippen LogP) is 2.16. The fourth-order valence-corrected chi connectivity index (χ4v) is 1.18. The van der Waals surface area contributed by atoms with Crippen molar-refractivity contribution in [3.63, 3.8) is 0 Å². The first-order valence-corrected chi connectivity index (χ1v) is 4.77. The van der Waals surface area contributed by atoms with Gasteiger partial charge >= 0.3 is 0 Å². The van der Waals surface area contributed by atoms with Crippen molar-refractivity contribution in [2.24, 2.45) is 0 Å². The lowest BCUT2D eigenvalue weighted by Crippen LogP contribution is -2.11. The lowest BCUT2D eigenvalue weighted by atomic mass is 10.3. The molecule has 0 aliphatic carbocycles. The Morgan fingerprint density at radius 2 is 2.27 bits per heavy atom. The van der Waals surface area contributed by atoms with Gasteiger partial charge in [0.15, 0.2) is 0 Å². The summed E-state index contributed by atoms with van der Waals surface area (Å²) >= 11 is 5.38. The normalized spacial score (nSPS) is 9.67. The number of non-ortho nitro benzene ring substituents is 1. The first kappa shape index (κ1) is 11.5. The van der Waals surface area contributed by atoms with E-state index in [0.717, 1.165) is 0 Å². The molecule has 0 aliphatic rings. The largest absolute Gasteiger partial charge is 0.326 e. The zero-order valence-corrected chi connectivity index (χ0v) is 8.53. The molecule has 1 aromatic carbocycles. The van der Waals surface area contributed by atoms with Crippen LogP contribution >= 0.6 is 11.6 Å². The number of alkyl halides is 1. The quantitative estimate of drug-likeness (QED) is 0.488. The summed E-state index contributed by atoms with van der Waals surface area (Å²) in [5, 5.41) is 12.9. The minimum Gasteiger partial charge on any atom is -0.326 e. The molecule has 80 valence electrons. The summed E-state index contributed by atoms with van der Waals surface area (Å²) < 4.78 is 0. The van der Waals surface area contributed by atoms with Gasteiger partial charge in [-0.2, -0.15) is 0 Å². The molecule has 5 nitrogen and oxygen atoms in total. The van der Waals surface area contributed by atoms with E-state index in [9.17, 15) is 14.9 Å². The second-order valence-corrected chi connectivity index (χ2v) is 3.17. The Morgan fingerprint density at radius 1 is 1.53 bits per heavy atom. The van der Waals surface area contributed by atoms with Crippen molar-refractivity contribution >= 4 is 28.9 Å². The molecular formula is C9H9ClN2O3. The van der Waals surface area contributed by atoms with Gasteiger partial charge in [0, 0.05) is 30.1 Å². The molecule has 0 aromatic heterocycles. The monoisotopic (exact) mass is 228 g/mol. The van der Waals surface area contributed by atoms with Crippen molar-refractivity contribution in [2.75, 3.05) is 11.2 Å². The van der Waals surface area contributed by atoms with Gasteiger partial charge in [0.1, 0.15) is 0 Å². The molecule has 6 heteroatoms. The van der Waals surface area contributed by atoms with E-state index in [4.69, 9.17) is 11.6 Å². The summed E-state index contributed by atoms with van der Waals surface area (Å²) in [5.74, 6) is -0.0358. The molecule has 1 N–H and O–H groups in total. The van der Waals surface area contributed by atoms with Gasteiger partial charge in [0.05, 0.1) is 4.92 Å². The third-order valence-electron chi connectivity index (χ3n) is 1.66. The van der Waals surface area contributed by atoms with E-state index in [2.05, 4.69) is 5.32 Å². The van der Waals surface area contributed by atoms with Crippen LogP contribution in [0.15, 0.2) is 24.3 Å². The summed E-state index contributed by atoms with van der Waals surface area (Å²) in [5.41, 5.74) is 0.345. The highest BCUT2D eigenvalue weighted by molar-refractivity contribution is 6.19. The summed E-state index contributed by atoms with van der Waals surface area (Å²) in [4.78, 5) is 21.0. The van der Waals surface area contributed by atoms with Crippen LogP contribution in [0.2, 0.25) is 0 Å². The summed E-state index contributed by atoms with van der Waals surface area (Å²) in [6.45, 7) is 0. The zero-order chi connectivity index (χ0) is 11.3. The molecule has 1 amide bonds. The molecule has 0 radical (unpaired) electrons. The lowest BCUT2D eigenvalue weighted by Gasteiger charge is -2.02. The number of carbonyl (C=O) groups excluding carboxylic acids is 1. The third-order valence-corrected chi connectivity index (χ3v) is 1.85. The van der Waals surface area contributed by atoms with Crippen LogP contribution in [-0.4, -0.2) is 16.7 Å². The fraction of sp³-hybridized carbons (Fsp3) is 0.222. The van der Waals surface area contributed by atoms with Crippen molar-refractivity contribution in [3.8, 4) is 0 Å². The van der Waals surface area contributed by atoms with Gasteiger partial charge in [-0.3, -0.25) is 14.9 Å². The molecule has 0 unspecified atom stereocenters. The van der Waals surface area contributed by atoms with Crippen molar-refractivity contribution < 1.29 is 9.72 Å². The molecule has 0 spiro atoms. The first-order valence-electron chi connectivity index (χ1n) is 4.24. The van der Waals surface area contributed by atoms with E-state index in [0.29, 0.717) is 5.69 Å². The number of halogens is 1. The predicted molar refractivity (Wildman–Crippen MR) is 57.1 cm³/mol. The Balaban J connectivity index is 2.73. The Morgan fingerprint density at radius 3 is 2.87 bits per heavy atom. The SMILES string of the molecule is O=C(CCCl)Nc1cccc([N+](=O)[O-])c1. The molecule has 0 atom stereocenters. The molecular weight excluding hydrogens is 220 g/mol. The molecule has 1 rings (SSSR count). The average Bonchev–Trinajstić information content (AvgIpc) is 2.18. The van der Waals surface area contributed by atoms with Gasteiger partial charge < -0.3 is 5.32 Å². The van der Waals surface area contributed by atoms with Crippen LogP contribution in [0.25, 0.3) is 0 Å². The van der Waals surface area contributed by atoms with Crippen molar-refractivity contribution in [1.82, 2.24) is 0 Å². The van der Waals surface area contributed by atoms with Gasteiger partial charge in [-0.15, -0.1) is 11.6 Å². The minimum atomic E-state index is -0.517. The average molecular weight is 229 g/mol. The highest BCUT2D eigenvalue weighted by Gasteiger charge is 2.07. The van der Waals surface area contributed by atoms with E-state index in [1.807, 2.05) is 0 Å². The van der Waals surface area contributed by atoms with Crippen LogP contribution in [0.4, 0.5) is 11.4 Å². The van der Waals surface area contributed by atoms with E-state index < -0.39 is 4.92 Å². The van der Waals surface area contributed by atoms with Gasteiger partial charge in [0.25, 0.3) is 5.69 Å². The topological polar surface area (TPSA) is 72.2 Å². The Kier molecular flexibility index (Phi) is 4.05. The van der Waals surface area contributed by atoms with E-state index in [1.165, 1.54) is 18.2 Å². The van der Waals surface area contributed by atoms with Gasteiger partial charge in [-0.05, 0) is 6.07 Å². The molecule has 0 saturated heterocycles. The highest BCUT2D eigenvalue weighted by atomic mass is 35.5. The number of rotatable bonds is 4. The maximum absolute atomic E-state index is 11.1. The van der Waals surface area contributed by atoms with Crippen molar-refractivity contribution in [2.45, 2.75) is 6.42 Å². The maximum atomic E-state index is 11.1. The van der Waals surface area contributed by atoms with E-state index in [-0.39, 0.29) is 23.9 Å². The molecule has 15 heavy (non-hydrogen) atoms.